The van der Waals surface area contributed by atoms with Crippen LogP contribution < -0.4 is 9.80 Å². The molecule has 4 amide bonds. The van der Waals surface area contributed by atoms with Crippen molar-refractivity contribution in [2.45, 2.75) is 6.42 Å². The van der Waals surface area contributed by atoms with Gasteiger partial charge >= 0.3 is 0 Å². The Balaban J connectivity index is 1.24. The fourth-order valence-electron chi connectivity index (χ4n) is 8.47. The first-order valence-electron chi connectivity index (χ1n) is 14.9. The number of carbonyl (C=O) groups excluding carboxylic acids is 4. The summed E-state index contributed by atoms with van der Waals surface area (Å²) in [6.45, 7) is 0. The number of benzene rings is 3. The third kappa shape index (κ3) is 3.73. The fraction of sp³-hybridized carbons (Fsp3) is 0.235. The molecular weight excluding hydrogens is 592 g/mol. The highest BCUT2D eigenvalue weighted by atomic mass is 16.6. The number of anilines is 2. The van der Waals surface area contributed by atoms with Gasteiger partial charge in [-0.1, -0.05) is 48.1 Å². The Bertz CT molecular complexity index is 1950. The average molecular weight is 617 g/mol. The molecule has 12 nitrogen and oxygen atoms in total. The van der Waals surface area contributed by atoms with E-state index in [0.717, 1.165) is 26.5 Å². The normalized spacial score (nSPS) is 29.3. The maximum Gasteiger partial charge on any atom is 0.269 e. The number of nitro benzene ring substituents is 2. The first-order chi connectivity index (χ1) is 22.2. The lowest BCUT2D eigenvalue weighted by molar-refractivity contribution is -0.385. The number of allylic oxidation sites excluding steroid dienone is 4. The molecule has 2 saturated heterocycles. The number of rotatable bonds is 5. The van der Waals surface area contributed by atoms with E-state index in [1.807, 2.05) is 42.5 Å². The van der Waals surface area contributed by atoms with E-state index in [4.69, 9.17) is 0 Å². The van der Waals surface area contributed by atoms with Gasteiger partial charge in [-0.15, -0.1) is 0 Å². The van der Waals surface area contributed by atoms with Crippen molar-refractivity contribution in [2.24, 2.45) is 41.4 Å². The number of imide groups is 2. The van der Waals surface area contributed by atoms with Crippen molar-refractivity contribution in [3.8, 4) is 0 Å². The van der Waals surface area contributed by atoms with E-state index in [0.29, 0.717) is 0 Å². The van der Waals surface area contributed by atoms with Crippen LogP contribution >= 0.6 is 0 Å². The molecule has 3 fully saturated rings. The monoisotopic (exact) mass is 616 g/mol. The molecule has 46 heavy (non-hydrogen) atoms. The van der Waals surface area contributed by atoms with Crippen LogP contribution in [0.1, 0.15) is 12.0 Å². The Hall–Kier alpha value is -5.78. The van der Waals surface area contributed by atoms with Crippen LogP contribution in [0.25, 0.3) is 5.57 Å². The Labute approximate surface area is 260 Å². The second kappa shape index (κ2) is 9.86. The van der Waals surface area contributed by atoms with Gasteiger partial charge < -0.3 is 0 Å². The summed E-state index contributed by atoms with van der Waals surface area (Å²) in [6, 6.07) is 20.1. The van der Waals surface area contributed by atoms with E-state index in [9.17, 15) is 39.4 Å². The van der Waals surface area contributed by atoms with Gasteiger partial charge in [0.15, 0.2) is 0 Å². The predicted octanol–water partition coefficient (Wildman–Crippen LogP) is 4.70. The van der Waals surface area contributed by atoms with E-state index < -0.39 is 74.9 Å². The molecular formula is C34H24N4O8. The van der Waals surface area contributed by atoms with Gasteiger partial charge in [0.1, 0.15) is 0 Å². The number of hydrogen-bond acceptors (Lipinski definition) is 8. The minimum absolute atomic E-state index is 0.168. The minimum atomic E-state index is -0.792. The molecule has 228 valence electrons. The molecule has 7 atom stereocenters. The van der Waals surface area contributed by atoms with Gasteiger partial charge in [0.2, 0.25) is 23.6 Å². The third-order valence-electron chi connectivity index (χ3n) is 10.3. The van der Waals surface area contributed by atoms with Gasteiger partial charge in [-0.2, -0.15) is 0 Å². The molecule has 2 bridgehead atoms. The van der Waals surface area contributed by atoms with Crippen molar-refractivity contribution in [1.82, 2.24) is 0 Å². The first kappa shape index (κ1) is 27.7. The molecule has 3 aromatic carbocycles. The number of hydrogen-bond donors (Lipinski definition) is 0. The van der Waals surface area contributed by atoms with Crippen LogP contribution in [0.4, 0.5) is 22.7 Å². The van der Waals surface area contributed by atoms with Crippen molar-refractivity contribution in [1.29, 1.82) is 0 Å². The third-order valence-corrected chi connectivity index (χ3v) is 10.3. The van der Waals surface area contributed by atoms with Gasteiger partial charge in [-0.3, -0.25) is 44.3 Å². The highest BCUT2D eigenvalue weighted by molar-refractivity contribution is 6.24. The predicted molar refractivity (Wildman–Crippen MR) is 163 cm³/mol. The smallest absolute Gasteiger partial charge is 0.269 e. The number of nitro groups is 2. The lowest BCUT2D eigenvalue weighted by Gasteiger charge is -2.51. The van der Waals surface area contributed by atoms with Crippen molar-refractivity contribution >= 4 is 52.0 Å². The topological polar surface area (TPSA) is 161 Å². The molecule has 2 aliphatic heterocycles. The molecule has 9 rings (SSSR count). The lowest BCUT2D eigenvalue weighted by atomic mass is 9.49. The quantitative estimate of drug-likeness (QED) is 0.172. The SMILES string of the molecule is O=C1C2CC(c3ccccc3)=C3C4C=CC(C5C(=O)N(c6ccc([N+](=O)[O-])cc6)C(=O)C45)C3C2C(=O)N1c1ccc([N+](=O)[O-])cc1. The summed E-state index contributed by atoms with van der Waals surface area (Å²) in [7, 11) is 0. The summed E-state index contributed by atoms with van der Waals surface area (Å²) in [4.78, 5) is 80.0. The highest BCUT2D eigenvalue weighted by Gasteiger charge is 2.67. The minimum Gasteiger partial charge on any atom is -0.274 e. The van der Waals surface area contributed by atoms with Crippen LogP contribution in [0.2, 0.25) is 0 Å². The lowest BCUT2D eigenvalue weighted by Crippen LogP contribution is -2.51. The van der Waals surface area contributed by atoms with Gasteiger partial charge in [-0.25, -0.2) is 4.90 Å². The van der Waals surface area contributed by atoms with Gasteiger partial charge in [0.05, 0.1) is 44.9 Å². The van der Waals surface area contributed by atoms with Crippen molar-refractivity contribution < 1.29 is 29.0 Å². The van der Waals surface area contributed by atoms with Crippen molar-refractivity contribution in [2.75, 3.05) is 9.80 Å². The summed E-state index contributed by atoms with van der Waals surface area (Å²) >= 11 is 0. The van der Waals surface area contributed by atoms with Crippen molar-refractivity contribution in [3.05, 3.63) is 122 Å². The van der Waals surface area contributed by atoms with E-state index in [2.05, 4.69) is 0 Å². The second-order valence-corrected chi connectivity index (χ2v) is 12.3. The summed E-state index contributed by atoms with van der Waals surface area (Å²) in [5.41, 5.74) is 2.78. The summed E-state index contributed by atoms with van der Waals surface area (Å²) in [6.07, 6.45) is 4.11. The summed E-state index contributed by atoms with van der Waals surface area (Å²) < 4.78 is 0. The van der Waals surface area contributed by atoms with Crippen LogP contribution in [-0.4, -0.2) is 33.5 Å². The number of nitrogens with zero attached hydrogens (tertiary/aromatic N) is 4. The van der Waals surface area contributed by atoms with Crippen LogP contribution in [-0.2, 0) is 19.2 Å². The highest BCUT2D eigenvalue weighted by Crippen LogP contribution is 2.63. The average Bonchev–Trinajstić information content (AvgIpc) is 3.50. The zero-order chi connectivity index (χ0) is 32.0. The zero-order valence-electron chi connectivity index (χ0n) is 24.0. The molecule has 1 saturated carbocycles. The standard InChI is InChI=1S/C34H24N4O8/c39-31-25-16-24(17-4-2-1-3-5-17)26-22-14-15-23(27(26)30(25)34(42)35(31)18-6-10-20(11-7-18)37(43)44)29-28(22)32(40)36(33(29)41)19-8-12-21(13-9-19)38(45)46/h1-15,22-23,25,27-30H,16H2. The molecule has 0 spiro atoms. The maximum absolute atomic E-state index is 14.3. The zero-order valence-corrected chi connectivity index (χ0v) is 24.0. The molecule has 12 heteroatoms. The Morgan fingerprint density at radius 3 is 1.67 bits per heavy atom. The summed E-state index contributed by atoms with van der Waals surface area (Å²) in [5, 5.41) is 22.4. The molecule has 0 aromatic heterocycles. The van der Waals surface area contributed by atoms with E-state index in [1.54, 1.807) is 0 Å². The van der Waals surface area contributed by atoms with E-state index in [1.165, 1.54) is 48.5 Å². The molecule has 0 radical (unpaired) electrons. The molecule has 0 N–H and O–H groups in total. The van der Waals surface area contributed by atoms with E-state index in [-0.39, 0.29) is 29.2 Å². The van der Waals surface area contributed by atoms with Gasteiger partial charge in [-0.05, 0) is 47.7 Å². The molecule has 2 heterocycles. The van der Waals surface area contributed by atoms with Crippen LogP contribution in [0.3, 0.4) is 0 Å². The van der Waals surface area contributed by atoms with Crippen LogP contribution in [0.5, 0.6) is 0 Å². The molecule has 6 aliphatic rings. The van der Waals surface area contributed by atoms with Gasteiger partial charge in [0, 0.05) is 36.1 Å². The largest absolute Gasteiger partial charge is 0.274 e. The number of non-ortho nitro benzene ring substituents is 2. The number of carbonyl (C=O) groups is 4. The first-order valence-corrected chi connectivity index (χ1v) is 14.9. The Morgan fingerprint density at radius 1 is 0.587 bits per heavy atom. The number of fused-ring (bicyclic) bond motifs is 1. The maximum atomic E-state index is 14.3. The van der Waals surface area contributed by atoms with Crippen molar-refractivity contribution in [3.63, 3.8) is 0 Å². The summed E-state index contributed by atoms with van der Waals surface area (Å²) in [5.74, 6) is -6.26. The second-order valence-electron chi connectivity index (χ2n) is 12.3. The van der Waals surface area contributed by atoms with Gasteiger partial charge in [0.25, 0.3) is 11.4 Å². The molecule has 4 aliphatic carbocycles. The van der Waals surface area contributed by atoms with Crippen LogP contribution in [0.15, 0.2) is 96.6 Å². The van der Waals surface area contributed by atoms with E-state index >= 15 is 0 Å². The Morgan fingerprint density at radius 2 is 1.11 bits per heavy atom. The fourth-order valence-corrected chi connectivity index (χ4v) is 8.47. The van der Waals surface area contributed by atoms with Crippen LogP contribution in [0, 0.1) is 61.7 Å². The number of amides is 4. The molecule has 3 aromatic rings. The Kier molecular flexibility index (Phi) is 5.95. The molecule has 7 unspecified atom stereocenters.